The topological polar surface area (TPSA) is 41.5 Å². The Balaban J connectivity index is 1.99. The van der Waals surface area contributed by atoms with Crippen molar-refractivity contribution >= 4 is 0 Å². The molecule has 0 radical (unpaired) electrons. The molecule has 1 fully saturated rings. The van der Waals surface area contributed by atoms with E-state index in [9.17, 15) is 4.39 Å². The molecular formula is C14H20FNO2. The van der Waals surface area contributed by atoms with Crippen LogP contribution in [-0.2, 0) is 0 Å². The van der Waals surface area contributed by atoms with Crippen LogP contribution >= 0.6 is 0 Å². The molecule has 1 aromatic rings. The van der Waals surface area contributed by atoms with Gasteiger partial charge in [0.25, 0.3) is 0 Å². The third-order valence-corrected chi connectivity index (χ3v) is 3.03. The molecule has 1 aliphatic rings. The highest BCUT2D eigenvalue weighted by Crippen LogP contribution is 2.26. The molecule has 0 saturated heterocycles. The maximum absolute atomic E-state index is 13.5. The number of ether oxygens (including phenoxy) is 1. The Morgan fingerprint density at radius 2 is 2.22 bits per heavy atom. The van der Waals surface area contributed by atoms with E-state index >= 15 is 0 Å². The lowest BCUT2D eigenvalue weighted by Crippen LogP contribution is -2.20. The minimum atomic E-state index is -0.282. The van der Waals surface area contributed by atoms with Crippen LogP contribution in [0.1, 0.15) is 37.8 Å². The average molecular weight is 253 g/mol. The monoisotopic (exact) mass is 253 g/mol. The molecule has 100 valence electrons. The van der Waals surface area contributed by atoms with Crippen LogP contribution in [-0.4, -0.2) is 24.4 Å². The van der Waals surface area contributed by atoms with Gasteiger partial charge < -0.3 is 15.2 Å². The first-order valence-corrected chi connectivity index (χ1v) is 6.49. The second-order valence-electron chi connectivity index (χ2n) is 4.81. The van der Waals surface area contributed by atoms with Crippen molar-refractivity contribution in [2.75, 3.05) is 13.2 Å². The van der Waals surface area contributed by atoms with E-state index in [1.807, 2.05) is 13.0 Å². The fourth-order valence-electron chi connectivity index (χ4n) is 1.87. The molecule has 0 amide bonds. The molecule has 1 aromatic carbocycles. The van der Waals surface area contributed by atoms with Gasteiger partial charge in [0.2, 0.25) is 0 Å². The number of halogens is 1. The second-order valence-corrected chi connectivity index (χ2v) is 4.81. The SMILES string of the molecule is CC(NC1CC1)c1cc(F)cc(OCCCO)c1. The van der Waals surface area contributed by atoms with Gasteiger partial charge in [0.1, 0.15) is 11.6 Å². The summed E-state index contributed by atoms with van der Waals surface area (Å²) in [4.78, 5) is 0. The number of benzene rings is 1. The van der Waals surface area contributed by atoms with E-state index < -0.39 is 0 Å². The van der Waals surface area contributed by atoms with Gasteiger partial charge in [0.15, 0.2) is 0 Å². The summed E-state index contributed by atoms with van der Waals surface area (Å²) in [5.41, 5.74) is 0.904. The van der Waals surface area contributed by atoms with Gasteiger partial charge in [-0.3, -0.25) is 0 Å². The summed E-state index contributed by atoms with van der Waals surface area (Å²) in [6.07, 6.45) is 2.97. The van der Waals surface area contributed by atoms with E-state index in [1.165, 1.54) is 18.9 Å². The molecule has 0 spiro atoms. The number of hydrogen-bond acceptors (Lipinski definition) is 3. The highest BCUT2D eigenvalue weighted by atomic mass is 19.1. The molecular weight excluding hydrogens is 233 g/mol. The molecule has 0 aliphatic heterocycles. The Morgan fingerprint density at radius 1 is 1.44 bits per heavy atom. The fourth-order valence-corrected chi connectivity index (χ4v) is 1.87. The van der Waals surface area contributed by atoms with Crippen LogP contribution in [0.3, 0.4) is 0 Å². The summed E-state index contributed by atoms with van der Waals surface area (Å²) in [6.45, 7) is 2.52. The summed E-state index contributed by atoms with van der Waals surface area (Å²) in [6, 6.07) is 5.50. The fraction of sp³-hybridized carbons (Fsp3) is 0.571. The van der Waals surface area contributed by atoms with Gasteiger partial charge >= 0.3 is 0 Å². The number of rotatable bonds is 7. The Bertz CT molecular complexity index is 393. The normalized spacial score (nSPS) is 16.6. The molecule has 0 aromatic heterocycles. The van der Waals surface area contributed by atoms with Crippen LogP contribution in [0.4, 0.5) is 4.39 Å². The molecule has 1 atom stereocenters. The zero-order valence-electron chi connectivity index (χ0n) is 10.7. The van der Waals surface area contributed by atoms with Crippen molar-refractivity contribution in [3.63, 3.8) is 0 Å². The van der Waals surface area contributed by atoms with Crippen LogP contribution in [0.15, 0.2) is 18.2 Å². The number of hydrogen-bond donors (Lipinski definition) is 2. The van der Waals surface area contributed by atoms with Gasteiger partial charge in [-0.05, 0) is 37.5 Å². The van der Waals surface area contributed by atoms with Gasteiger partial charge in [-0.2, -0.15) is 0 Å². The van der Waals surface area contributed by atoms with Gasteiger partial charge in [-0.1, -0.05) is 0 Å². The highest BCUT2D eigenvalue weighted by molar-refractivity contribution is 5.31. The van der Waals surface area contributed by atoms with Crippen LogP contribution in [0.2, 0.25) is 0 Å². The van der Waals surface area contributed by atoms with Crippen molar-refractivity contribution in [2.45, 2.75) is 38.3 Å². The minimum Gasteiger partial charge on any atom is -0.493 e. The predicted molar refractivity (Wildman–Crippen MR) is 68.2 cm³/mol. The van der Waals surface area contributed by atoms with E-state index in [4.69, 9.17) is 9.84 Å². The lowest BCUT2D eigenvalue weighted by atomic mass is 10.1. The largest absolute Gasteiger partial charge is 0.493 e. The van der Waals surface area contributed by atoms with Gasteiger partial charge in [0, 0.05) is 31.2 Å². The van der Waals surface area contributed by atoms with Gasteiger partial charge in [-0.15, -0.1) is 0 Å². The van der Waals surface area contributed by atoms with Crippen molar-refractivity contribution in [1.29, 1.82) is 0 Å². The first-order chi connectivity index (χ1) is 8.69. The van der Waals surface area contributed by atoms with Gasteiger partial charge in [0.05, 0.1) is 6.61 Å². The lowest BCUT2D eigenvalue weighted by Gasteiger charge is -2.15. The average Bonchev–Trinajstić information content (AvgIpc) is 3.12. The molecule has 0 bridgehead atoms. The number of nitrogens with one attached hydrogen (secondary N) is 1. The third-order valence-electron chi connectivity index (χ3n) is 3.03. The van der Waals surface area contributed by atoms with E-state index in [1.54, 1.807) is 6.07 Å². The molecule has 2 rings (SSSR count). The molecule has 0 heterocycles. The standard InChI is InChI=1S/C14H20FNO2/c1-10(16-13-3-4-13)11-7-12(15)9-14(8-11)18-6-2-5-17/h7-10,13,16-17H,2-6H2,1H3. The van der Waals surface area contributed by atoms with Crippen LogP contribution in [0, 0.1) is 5.82 Å². The maximum Gasteiger partial charge on any atom is 0.127 e. The van der Waals surface area contributed by atoms with Crippen LogP contribution < -0.4 is 10.1 Å². The van der Waals surface area contributed by atoms with Gasteiger partial charge in [-0.25, -0.2) is 4.39 Å². The summed E-state index contributed by atoms with van der Waals surface area (Å²) >= 11 is 0. The summed E-state index contributed by atoms with van der Waals surface area (Å²) in [5.74, 6) is 0.249. The van der Waals surface area contributed by atoms with E-state index in [0.717, 1.165) is 5.56 Å². The summed E-state index contributed by atoms with van der Waals surface area (Å²) in [5, 5.41) is 12.1. The maximum atomic E-state index is 13.5. The summed E-state index contributed by atoms with van der Waals surface area (Å²) < 4.78 is 18.9. The molecule has 2 N–H and O–H groups in total. The molecule has 1 unspecified atom stereocenters. The summed E-state index contributed by atoms with van der Waals surface area (Å²) in [7, 11) is 0. The zero-order chi connectivity index (χ0) is 13.0. The van der Waals surface area contributed by atoms with E-state index in [-0.39, 0.29) is 18.5 Å². The predicted octanol–water partition coefficient (Wildman–Crippen LogP) is 2.40. The number of aliphatic hydroxyl groups is 1. The number of aliphatic hydroxyl groups excluding tert-OH is 1. The first kappa shape index (κ1) is 13.3. The van der Waals surface area contributed by atoms with E-state index in [2.05, 4.69) is 5.32 Å². The molecule has 4 heteroatoms. The van der Waals surface area contributed by atoms with Crippen molar-refractivity contribution in [1.82, 2.24) is 5.32 Å². The second kappa shape index (κ2) is 6.16. The molecule has 18 heavy (non-hydrogen) atoms. The quantitative estimate of drug-likeness (QED) is 0.733. The van der Waals surface area contributed by atoms with Crippen molar-refractivity contribution < 1.29 is 14.2 Å². The minimum absolute atomic E-state index is 0.0851. The Hall–Kier alpha value is -1.13. The Morgan fingerprint density at radius 3 is 2.89 bits per heavy atom. The molecule has 3 nitrogen and oxygen atoms in total. The lowest BCUT2D eigenvalue weighted by molar-refractivity contribution is 0.233. The Kier molecular flexibility index (Phi) is 4.55. The first-order valence-electron chi connectivity index (χ1n) is 6.49. The Labute approximate surface area is 107 Å². The van der Waals surface area contributed by atoms with Crippen molar-refractivity contribution in [3.8, 4) is 5.75 Å². The van der Waals surface area contributed by atoms with Crippen molar-refractivity contribution in [3.05, 3.63) is 29.6 Å². The van der Waals surface area contributed by atoms with E-state index in [0.29, 0.717) is 24.8 Å². The smallest absolute Gasteiger partial charge is 0.127 e. The van der Waals surface area contributed by atoms with Crippen molar-refractivity contribution in [2.24, 2.45) is 0 Å². The molecule has 1 aliphatic carbocycles. The highest BCUT2D eigenvalue weighted by Gasteiger charge is 2.23. The third kappa shape index (κ3) is 3.96. The molecule has 1 saturated carbocycles. The zero-order valence-corrected chi connectivity index (χ0v) is 10.7. The van der Waals surface area contributed by atoms with Crippen LogP contribution in [0.25, 0.3) is 0 Å². The van der Waals surface area contributed by atoms with Crippen LogP contribution in [0.5, 0.6) is 5.75 Å².